The Hall–Kier alpha value is -4.24. The molecule has 250 valence electrons. The van der Waals surface area contributed by atoms with Gasteiger partial charge in [-0.15, -0.1) is 5.10 Å². The molecule has 0 aliphatic rings. The van der Waals surface area contributed by atoms with Gasteiger partial charge in [-0.2, -0.15) is 0 Å². The number of aryl methyl sites for hydroxylation is 2. The van der Waals surface area contributed by atoms with Gasteiger partial charge in [0.15, 0.2) is 6.10 Å². The van der Waals surface area contributed by atoms with E-state index >= 15 is 0 Å². The van der Waals surface area contributed by atoms with Crippen LogP contribution >= 0.6 is 11.6 Å². The number of esters is 3. The second-order valence-corrected chi connectivity index (χ2v) is 12.1. The highest BCUT2D eigenvalue weighted by molar-refractivity contribution is 6.31. The van der Waals surface area contributed by atoms with Crippen LogP contribution in [0.5, 0.6) is 5.75 Å². The Labute approximate surface area is 281 Å². The molecule has 1 atom stereocenters. The zero-order chi connectivity index (χ0) is 33.4. The van der Waals surface area contributed by atoms with Crippen LogP contribution in [-0.2, 0) is 27.2 Å². The third kappa shape index (κ3) is 11.2. The first-order chi connectivity index (χ1) is 22.9. The zero-order valence-corrected chi connectivity index (χ0v) is 28.0. The summed E-state index contributed by atoms with van der Waals surface area (Å²) in [5.41, 5.74) is 2.61. The second-order valence-electron chi connectivity index (χ2n) is 11.7. The van der Waals surface area contributed by atoms with Crippen LogP contribution in [0, 0.1) is 0 Å². The summed E-state index contributed by atoms with van der Waals surface area (Å²) in [7, 11) is 0. The van der Waals surface area contributed by atoms with Crippen LogP contribution in [0.15, 0.2) is 66.7 Å². The molecule has 47 heavy (non-hydrogen) atoms. The fourth-order valence-corrected chi connectivity index (χ4v) is 5.40. The van der Waals surface area contributed by atoms with E-state index in [0.717, 1.165) is 19.3 Å². The molecule has 0 saturated heterocycles. The van der Waals surface area contributed by atoms with E-state index in [1.165, 1.54) is 51.9 Å². The number of aromatic nitrogens is 3. The first-order valence-electron chi connectivity index (χ1n) is 16.6. The average molecular weight is 662 g/mol. The summed E-state index contributed by atoms with van der Waals surface area (Å²) in [6.45, 7) is 4.43. The number of carbonyl (C=O) groups is 3. The number of rotatable bonds is 19. The van der Waals surface area contributed by atoms with Crippen molar-refractivity contribution in [2.75, 3.05) is 6.61 Å². The zero-order valence-electron chi connectivity index (χ0n) is 27.3. The van der Waals surface area contributed by atoms with Crippen LogP contribution < -0.4 is 4.74 Å². The van der Waals surface area contributed by atoms with Crippen molar-refractivity contribution in [3.05, 3.63) is 88.4 Å². The number of benzene rings is 3. The molecular weight excluding hydrogens is 618 g/mol. The maximum absolute atomic E-state index is 12.9. The maximum atomic E-state index is 12.9. The van der Waals surface area contributed by atoms with E-state index in [2.05, 4.69) is 17.2 Å². The molecule has 0 amide bonds. The van der Waals surface area contributed by atoms with Gasteiger partial charge in [-0.05, 0) is 73.9 Å². The number of nitrogens with zero attached hydrogens (tertiary/aromatic N) is 3. The molecule has 0 aliphatic carbocycles. The topological polar surface area (TPSA) is 110 Å². The van der Waals surface area contributed by atoms with Crippen LogP contribution in [-0.4, -0.2) is 45.6 Å². The summed E-state index contributed by atoms with van der Waals surface area (Å²) < 4.78 is 17.9. The van der Waals surface area contributed by atoms with Gasteiger partial charge >= 0.3 is 17.9 Å². The van der Waals surface area contributed by atoms with E-state index in [4.69, 9.17) is 25.8 Å². The van der Waals surface area contributed by atoms with E-state index in [9.17, 15) is 14.4 Å². The van der Waals surface area contributed by atoms with Crippen LogP contribution in [0.2, 0.25) is 5.02 Å². The van der Waals surface area contributed by atoms with E-state index < -0.39 is 24.0 Å². The Morgan fingerprint density at radius 1 is 0.809 bits per heavy atom. The van der Waals surface area contributed by atoms with Gasteiger partial charge < -0.3 is 14.2 Å². The van der Waals surface area contributed by atoms with Gasteiger partial charge in [0.1, 0.15) is 11.3 Å². The number of fused-ring (bicyclic) bond motifs is 1. The van der Waals surface area contributed by atoms with Gasteiger partial charge in [0.25, 0.3) is 0 Å². The minimum atomic E-state index is -1.03. The molecular formula is C37H44ClN3O6. The Morgan fingerprint density at radius 2 is 1.47 bits per heavy atom. The summed E-state index contributed by atoms with van der Waals surface area (Å²) in [5.74, 6) is -1.24. The minimum Gasteiger partial charge on any atom is -0.463 e. The maximum Gasteiger partial charge on any atom is 0.347 e. The molecule has 0 fully saturated rings. The molecule has 1 aromatic heterocycles. The summed E-state index contributed by atoms with van der Waals surface area (Å²) in [6.07, 6.45) is 11.3. The molecule has 10 heteroatoms. The van der Waals surface area contributed by atoms with Crippen molar-refractivity contribution in [3.8, 4) is 5.75 Å². The molecule has 3 aromatic carbocycles. The lowest BCUT2D eigenvalue weighted by Crippen LogP contribution is -2.26. The standard InChI is InChI=1S/C37H44ClN3O6/c1-3-4-5-6-7-8-9-10-11-15-24-45-35(42)27(2)46-36(43)29-18-20-32(38)28(25-29)22-23-41-34-26-30(19-21-33(34)39-40-41)37(44)47-31-16-13-12-14-17-31/h12-14,16-21,25-27H,3-11,15,22-24H2,1-2H3. The van der Waals surface area contributed by atoms with Gasteiger partial charge in [0.05, 0.1) is 23.3 Å². The Balaban J connectivity index is 1.24. The van der Waals surface area contributed by atoms with Crippen molar-refractivity contribution < 1.29 is 28.6 Å². The molecule has 4 aromatic rings. The van der Waals surface area contributed by atoms with E-state index in [0.29, 0.717) is 52.5 Å². The summed E-state index contributed by atoms with van der Waals surface area (Å²) >= 11 is 6.46. The summed E-state index contributed by atoms with van der Waals surface area (Å²) in [6, 6.07) is 18.7. The molecule has 0 N–H and O–H groups in total. The smallest absolute Gasteiger partial charge is 0.347 e. The van der Waals surface area contributed by atoms with Crippen LogP contribution in [0.3, 0.4) is 0 Å². The summed E-state index contributed by atoms with van der Waals surface area (Å²) in [4.78, 5) is 38.0. The lowest BCUT2D eigenvalue weighted by Gasteiger charge is -2.14. The Kier molecular flexibility index (Phi) is 14.2. The van der Waals surface area contributed by atoms with Crippen molar-refractivity contribution in [2.24, 2.45) is 0 Å². The highest BCUT2D eigenvalue weighted by Crippen LogP contribution is 2.22. The molecule has 0 aliphatic heterocycles. The van der Waals surface area contributed by atoms with Gasteiger partial charge in [-0.25, -0.2) is 19.1 Å². The van der Waals surface area contributed by atoms with Crippen molar-refractivity contribution in [3.63, 3.8) is 0 Å². The largest absolute Gasteiger partial charge is 0.463 e. The van der Waals surface area contributed by atoms with Gasteiger partial charge in [-0.3, -0.25) is 0 Å². The molecule has 0 radical (unpaired) electrons. The number of carbonyl (C=O) groups excluding carboxylic acids is 3. The van der Waals surface area contributed by atoms with Crippen LogP contribution in [0.4, 0.5) is 0 Å². The molecule has 0 saturated carbocycles. The molecule has 1 heterocycles. The lowest BCUT2D eigenvalue weighted by molar-refractivity contribution is -0.153. The SMILES string of the molecule is CCCCCCCCCCCCOC(=O)C(C)OC(=O)c1ccc(Cl)c(CCn2nnc3ccc(C(=O)Oc4ccccc4)cc32)c1. The van der Waals surface area contributed by atoms with E-state index in [1.807, 2.05) is 6.07 Å². The average Bonchev–Trinajstić information content (AvgIpc) is 3.49. The molecule has 0 bridgehead atoms. The van der Waals surface area contributed by atoms with Crippen molar-refractivity contribution in [1.29, 1.82) is 0 Å². The minimum absolute atomic E-state index is 0.271. The number of halogens is 1. The van der Waals surface area contributed by atoms with Gasteiger partial charge in [-0.1, -0.05) is 99.7 Å². The number of hydrogen-bond donors (Lipinski definition) is 0. The third-order valence-corrected chi connectivity index (χ3v) is 8.30. The normalized spacial score (nSPS) is 11.7. The number of ether oxygens (including phenoxy) is 3. The molecule has 4 rings (SSSR count). The first-order valence-corrected chi connectivity index (χ1v) is 17.0. The molecule has 0 spiro atoms. The van der Waals surface area contributed by atoms with Gasteiger partial charge in [0, 0.05) is 11.6 Å². The number of unbranched alkanes of at least 4 members (excludes halogenated alkanes) is 9. The fraction of sp³-hybridized carbons (Fsp3) is 0.432. The predicted molar refractivity (Wildman–Crippen MR) is 182 cm³/mol. The fourth-order valence-electron chi connectivity index (χ4n) is 5.19. The van der Waals surface area contributed by atoms with E-state index in [-0.39, 0.29) is 5.56 Å². The number of para-hydroxylation sites is 1. The molecule has 1 unspecified atom stereocenters. The highest BCUT2D eigenvalue weighted by atomic mass is 35.5. The monoisotopic (exact) mass is 661 g/mol. The molecule has 9 nitrogen and oxygen atoms in total. The predicted octanol–water partition coefficient (Wildman–Crippen LogP) is 8.56. The first kappa shape index (κ1) is 35.6. The van der Waals surface area contributed by atoms with Crippen molar-refractivity contribution in [2.45, 2.75) is 97.1 Å². The van der Waals surface area contributed by atoms with E-state index in [1.54, 1.807) is 65.3 Å². The van der Waals surface area contributed by atoms with Crippen LogP contribution in [0.25, 0.3) is 11.0 Å². The Morgan fingerprint density at radius 3 is 2.19 bits per heavy atom. The van der Waals surface area contributed by atoms with Crippen molar-refractivity contribution in [1.82, 2.24) is 15.0 Å². The van der Waals surface area contributed by atoms with Crippen molar-refractivity contribution >= 4 is 40.5 Å². The Bertz CT molecular complexity index is 1610. The lowest BCUT2D eigenvalue weighted by atomic mass is 10.1. The quantitative estimate of drug-likeness (QED) is 0.0558. The number of hydrogen-bond acceptors (Lipinski definition) is 8. The van der Waals surface area contributed by atoms with Gasteiger partial charge in [0.2, 0.25) is 0 Å². The summed E-state index contributed by atoms with van der Waals surface area (Å²) in [5, 5.41) is 8.90. The van der Waals surface area contributed by atoms with Crippen LogP contribution in [0.1, 0.15) is 104 Å². The third-order valence-electron chi connectivity index (χ3n) is 7.94. The second kappa shape index (κ2) is 18.8. The highest BCUT2D eigenvalue weighted by Gasteiger charge is 2.21.